The molecule has 2 nitrogen and oxygen atoms in total. The van der Waals surface area contributed by atoms with Crippen molar-refractivity contribution >= 4 is 31.9 Å². The number of hydrogen-bond donors (Lipinski definition) is 1. The number of rotatable bonds is 3. The smallest absolute Gasteiger partial charge is 0.0581 e. The zero-order valence-corrected chi connectivity index (χ0v) is 14.9. The zero-order chi connectivity index (χ0) is 14.7. The lowest BCUT2D eigenvalue weighted by atomic mass is 9.80. The summed E-state index contributed by atoms with van der Waals surface area (Å²) in [5.41, 5.74) is 2.60. The maximum absolute atomic E-state index is 4.67. The molecule has 2 heterocycles. The Morgan fingerprint density at radius 2 is 2.00 bits per heavy atom. The molecule has 0 spiro atoms. The summed E-state index contributed by atoms with van der Waals surface area (Å²) in [6.07, 6.45) is 4.15. The first-order chi connectivity index (χ1) is 10.2. The van der Waals surface area contributed by atoms with Crippen molar-refractivity contribution in [3.8, 4) is 0 Å². The summed E-state index contributed by atoms with van der Waals surface area (Å²) in [7, 11) is 0. The molecule has 1 aromatic heterocycles. The van der Waals surface area contributed by atoms with Crippen LogP contribution in [0.5, 0.6) is 0 Å². The molecular weight excluding hydrogens is 392 g/mol. The van der Waals surface area contributed by atoms with E-state index in [-0.39, 0.29) is 0 Å². The minimum Gasteiger partial charge on any atom is -0.316 e. The fourth-order valence-corrected chi connectivity index (χ4v) is 4.39. The van der Waals surface area contributed by atoms with E-state index < -0.39 is 0 Å². The van der Waals surface area contributed by atoms with Crippen LogP contribution in [0, 0.1) is 5.92 Å². The Morgan fingerprint density at radius 1 is 1.19 bits per heavy atom. The topological polar surface area (TPSA) is 24.9 Å². The fraction of sp³-hybridized carbons (Fsp3) is 0.353. The van der Waals surface area contributed by atoms with E-state index in [1.165, 1.54) is 11.3 Å². The van der Waals surface area contributed by atoms with Gasteiger partial charge in [-0.05, 0) is 75.3 Å². The average Bonchev–Trinajstić information content (AvgIpc) is 2.49. The predicted molar refractivity (Wildman–Crippen MR) is 93.5 cm³/mol. The number of hydrogen-bond acceptors (Lipinski definition) is 2. The summed E-state index contributed by atoms with van der Waals surface area (Å²) in [4.78, 5) is 4.67. The van der Waals surface area contributed by atoms with Gasteiger partial charge in [-0.1, -0.05) is 30.3 Å². The normalized spacial score (nSPS) is 22.2. The van der Waals surface area contributed by atoms with Gasteiger partial charge in [0.2, 0.25) is 0 Å². The molecule has 2 unspecified atom stereocenters. The van der Waals surface area contributed by atoms with Gasteiger partial charge in [-0.2, -0.15) is 0 Å². The molecule has 0 bridgehead atoms. The molecule has 0 radical (unpaired) electrons. The second kappa shape index (κ2) is 7.03. The van der Waals surface area contributed by atoms with E-state index in [0.29, 0.717) is 11.8 Å². The van der Waals surface area contributed by atoms with Gasteiger partial charge in [0, 0.05) is 21.1 Å². The molecule has 3 rings (SSSR count). The molecular formula is C17H18Br2N2. The van der Waals surface area contributed by atoms with Gasteiger partial charge < -0.3 is 5.32 Å². The standard InChI is InChI=1S/C17H18Br2N2/c18-14-9-16(19)17(21-11-14)15-6-7-20-10-13(15)8-12-4-2-1-3-5-12/h1-5,9,11,13,15,20H,6-8,10H2. The summed E-state index contributed by atoms with van der Waals surface area (Å²) in [6.45, 7) is 2.13. The second-order valence-electron chi connectivity index (χ2n) is 5.57. The van der Waals surface area contributed by atoms with Crippen molar-refractivity contribution in [2.24, 2.45) is 5.92 Å². The monoisotopic (exact) mass is 408 g/mol. The van der Waals surface area contributed by atoms with Crippen LogP contribution >= 0.6 is 31.9 Å². The summed E-state index contributed by atoms with van der Waals surface area (Å²) < 4.78 is 2.13. The van der Waals surface area contributed by atoms with E-state index in [1.807, 2.05) is 6.20 Å². The number of pyridine rings is 1. The van der Waals surface area contributed by atoms with Gasteiger partial charge in [-0.3, -0.25) is 4.98 Å². The molecule has 1 aliphatic heterocycles. The molecule has 2 atom stereocenters. The Bertz CT molecular complexity index is 601. The highest BCUT2D eigenvalue weighted by molar-refractivity contribution is 9.11. The summed E-state index contributed by atoms with van der Waals surface area (Å²) in [5, 5.41) is 3.53. The Morgan fingerprint density at radius 3 is 2.76 bits per heavy atom. The Labute approximate surface area is 142 Å². The van der Waals surface area contributed by atoms with Crippen LogP contribution in [0.25, 0.3) is 0 Å². The van der Waals surface area contributed by atoms with Crippen molar-refractivity contribution in [2.45, 2.75) is 18.8 Å². The van der Waals surface area contributed by atoms with Crippen molar-refractivity contribution < 1.29 is 0 Å². The lowest BCUT2D eigenvalue weighted by molar-refractivity contribution is 0.318. The molecule has 1 aliphatic rings. The SMILES string of the molecule is Brc1cnc(C2CCNCC2Cc2ccccc2)c(Br)c1. The number of benzene rings is 1. The summed E-state index contributed by atoms with van der Waals surface area (Å²) >= 11 is 7.17. The summed E-state index contributed by atoms with van der Waals surface area (Å²) in [6, 6.07) is 12.9. The van der Waals surface area contributed by atoms with Gasteiger partial charge in [0.1, 0.15) is 0 Å². The number of nitrogens with one attached hydrogen (secondary N) is 1. The number of nitrogens with zero attached hydrogens (tertiary/aromatic N) is 1. The molecule has 1 aromatic carbocycles. The molecule has 110 valence electrons. The van der Waals surface area contributed by atoms with Gasteiger partial charge in [0.15, 0.2) is 0 Å². The third-order valence-corrected chi connectivity index (χ3v) is 5.20. The van der Waals surface area contributed by atoms with Crippen molar-refractivity contribution in [3.05, 3.63) is 62.8 Å². The third-order valence-electron chi connectivity index (χ3n) is 4.14. The van der Waals surface area contributed by atoms with Crippen molar-refractivity contribution in [1.29, 1.82) is 0 Å². The first kappa shape index (κ1) is 15.2. The van der Waals surface area contributed by atoms with E-state index in [9.17, 15) is 0 Å². The predicted octanol–water partition coefficient (Wildman–Crippen LogP) is 4.54. The van der Waals surface area contributed by atoms with Crippen LogP contribution in [0.1, 0.15) is 23.6 Å². The average molecular weight is 410 g/mol. The maximum Gasteiger partial charge on any atom is 0.0581 e. The van der Waals surface area contributed by atoms with Gasteiger partial charge in [-0.25, -0.2) is 0 Å². The minimum absolute atomic E-state index is 0.508. The fourth-order valence-electron chi connectivity index (χ4n) is 3.11. The molecule has 21 heavy (non-hydrogen) atoms. The zero-order valence-electron chi connectivity index (χ0n) is 11.7. The van der Waals surface area contributed by atoms with Crippen LogP contribution in [-0.2, 0) is 6.42 Å². The van der Waals surface area contributed by atoms with Gasteiger partial charge in [0.25, 0.3) is 0 Å². The highest BCUT2D eigenvalue weighted by Crippen LogP contribution is 2.36. The molecule has 4 heteroatoms. The van der Waals surface area contributed by atoms with Crippen LogP contribution in [0.4, 0.5) is 0 Å². The Hall–Kier alpha value is -0.710. The number of piperidine rings is 1. The molecule has 1 fully saturated rings. The first-order valence-electron chi connectivity index (χ1n) is 7.29. The highest BCUT2D eigenvalue weighted by atomic mass is 79.9. The van der Waals surface area contributed by atoms with Crippen molar-refractivity contribution in [2.75, 3.05) is 13.1 Å². The van der Waals surface area contributed by atoms with E-state index >= 15 is 0 Å². The van der Waals surface area contributed by atoms with E-state index in [2.05, 4.69) is 78.6 Å². The van der Waals surface area contributed by atoms with Crippen LogP contribution in [0.2, 0.25) is 0 Å². The Balaban J connectivity index is 1.84. The quantitative estimate of drug-likeness (QED) is 0.804. The molecule has 1 N–H and O–H groups in total. The van der Waals surface area contributed by atoms with E-state index in [1.54, 1.807) is 0 Å². The van der Waals surface area contributed by atoms with Gasteiger partial charge in [0.05, 0.1) is 5.69 Å². The lowest BCUT2D eigenvalue weighted by Crippen LogP contribution is -2.37. The first-order valence-corrected chi connectivity index (χ1v) is 8.88. The summed E-state index contributed by atoms with van der Waals surface area (Å²) in [5.74, 6) is 1.10. The largest absolute Gasteiger partial charge is 0.316 e. The maximum atomic E-state index is 4.67. The lowest BCUT2D eigenvalue weighted by Gasteiger charge is -2.32. The molecule has 0 amide bonds. The van der Waals surface area contributed by atoms with Crippen molar-refractivity contribution in [1.82, 2.24) is 10.3 Å². The van der Waals surface area contributed by atoms with E-state index in [4.69, 9.17) is 0 Å². The van der Waals surface area contributed by atoms with Crippen LogP contribution < -0.4 is 5.32 Å². The van der Waals surface area contributed by atoms with Crippen LogP contribution in [0.15, 0.2) is 51.5 Å². The van der Waals surface area contributed by atoms with Crippen molar-refractivity contribution in [3.63, 3.8) is 0 Å². The van der Waals surface area contributed by atoms with E-state index in [0.717, 1.165) is 34.9 Å². The molecule has 1 saturated heterocycles. The molecule has 0 aliphatic carbocycles. The molecule has 0 saturated carbocycles. The highest BCUT2D eigenvalue weighted by Gasteiger charge is 2.29. The minimum atomic E-state index is 0.508. The third kappa shape index (κ3) is 3.74. The Kier molecular flexibility index (Phi) is 5.09. The molecule has 2 aromatic rings. The van der Waals surface area contributed by atoms with Crippen LogP contribution in [0.3, 0.4) is 0 Å². The second-order valence-corrected chi connectivity index (χ2v) is 7.34. The van der Waals surface area contributed by atoms with Crippen LogP contribution in [-0.4, -0.2) is 18.1 Å². The van der Waals surface area contributed by atoms with Gasteiger partial charge >= 0.3 is 0 Å². The van der Waals surface area contributed by atoms with Gasteiger partial charge in [-0.15, -0.1) is 0 Å². The number of halogens is 2. The number of aromatic nitrogens is 1.